The van der Waals surface area contributed by atoms with Gasteiger partial charge in [0.15, 0.2) is 0 Å². The highest BCUT2D eigenvalue weighted by atomic mass is 16.5. The van der Waals surface area contributed by atoms with Crippen LogP contribution < -0.4 is 0 Å². The van der Waals surface area contributed by atoms with E-state index in [-0.39, 0.29) is 11.4 Å². The number of hydrogen-bond acceptors (Lipinski definition) is 3. The van der Waals surface area contributed by atoms with Crippen LogP contribution in [0.3, 0.4) is 0 Å². The van der Waals surface area contributed by atoms with E-state index in [2.05, 4.69) is 47.6 Å². The van der Waals surface area contributed by atoms with Crippen LogP contribution in [-0.4, -0.2) is 17.2 Å². The molecular weight excluding hydrogens is 564 g/mol. The zero-order chi connectivity index (χ0) is 33.2. The van der Waals surface area contributed by atoms with E-state index in [0.29, 0.717) is 30.1 Å². The Morgan fingerprint density at radius 1 is 0.848 bits per heavy atom. The van der Waals surface area contributed by atoms with Crippen LogP contribution in [0.4, 0.5) is 0 Å². The summed E-state index contributed by atoms with van der Waals surface area (Å²) in [6, 6.07) is 0. The maximum absolute atomic E-state index is 13.2. The molecule has 0 aromatic carbocycles. The number of unbranched alkanes of at least 4 members (excludes halogenated alkanes) is 12. The van der Waals surface area contributed by atoms with Gasteiger partial charge in [-0.1, -0.05) is 143 Å². The zero-order valence-electron chi connectivity index (χ0n) is 31.2. The molecule has 0 saturated heterocycles. The Labute approximate surface area is 285 Å². The zero-order valence-corrected chi connectivity index (χ0v) is 31.2. The van der Waals surface area contributed by atoms with Crippen molar-refractivity contribution in [1.29, 1.82) is 0 Å². The minimum Gasteiger partial charge on any atom is -0.430 e. The third-order valence-electron chi connectivity index (χ3n) is 13.7. The molecule has 2 saturated carbocycles. The molecule has 3 heteroatoms. The lowest BCUT2D eigenvalue weighted by atomic mass is 9.47. The topological polar surface area (TPSA) is 46.5 Å². The predicted octanol–water partition coefficient (Wildman–Crippen LogP) is 12.5. The number of carbonyl (C=O) groups excluding carboxylic acids is 1. The van der Waals surface area contributed by atoms with Crippen LogP contribution in [0.2, 0.25) is 0 Å². The number of esters is 1. The number of aliphatic hydroxyl groups is 1. The second-order valence-electron chi connectivity index (χ2n) is 17.3. The Bertz CT molecular complexity index is 994. The molecule has 1 N–H and O–H groups in total. The summed E-state index contributed by atoms with van der Waals surface area (Å²) in [5, 5.41) is 10.8. The van der Waals surface area contributed by atoms with Gasteiger partial charge >= 0.3 is 5.97 Å². The second-order valence-corrected chi connectivity index (χ2v) is 17.3. The normalized spacial score (nSPS) is 32.7. The van der Waals surface area contributed by atoms with Crippen molar-refractivity contribution >= 4 is 5.97 Å². The molecule has 8 atom stereocenters. The third-order valence-corrected chi connectivity index (χ3v) is 13.7. The van der Waals surface area contributed by atoms with Gasteiger partial charge < -0.3 is 9.84 Å². The number of allylic oxidation sites excluding steroid dienone is 2. The molecular formula is C43H74O3. The van der Waals surface area contributed by atoms with Gasteiger partial charge in [0.1, 0.15) is 5.76 Å². The first-order chi connectivity index (χ1) is 22.1. The van der Waals surface area contributed by atoms with Crippen LogP contribution in [0.1, 0.15) is 189 Å². The van der Waals surface area contributed by atoms with Crippen molar-refractivity contribution in [3.05, 3.63) is 23.5 Å². The maximum atomic E-state index is 13.2. The molecule has 2 fully saturated rings. The minimum atomic E-state index is -0.550. The fourth-order valence-electron chi connectivity index (χ4n) is 11.0. The van der Waals surface area contributed by atoms with Crippen molar-refractivity contribution in [2.24, 2.45) is 46.3 Å². The molecule has 4 aliphatic rings. The number of fused-ring (bicyclic) bond motifs is 5. The van der Waals surface area contributed by atoms with Crippen LogP contribution in [0.15, 0.2) is 23.5 Å². The van der Waals surface area contributed by atoms with Crippen LogP contribution in [0.5, 0.6) is 0 Å². The molecule has 3 nitrogen and oxygen atoms in total. The van der Waals surface area contributed by atoms with Crippen LogP contribution >= 0.6 is 0 Å². The lowest BCUT2D eigenvalue weighted by Gasteiger charge is -2.58. The molecule has 0 heterocycles. The first-order valence-corrected chi connectivity index (χ1v) is 20.4. The number of rotatable bonds is 20. The average molecular weight is 639 g/mol. The Balaban J connectivity index is 1.25. The van der Waals surface area contributed by atoms with Gasteiger partial charge in [-0.25, -0.2) is 0 Å². The summed E-state index contributed by atoms with van der Waals surface area (Å²) < 4.78 is 6.27. The monoisotopic (exact) mass is 639 g/mol. The Kier molecular flexibility index (Phi) is 14.8. The molecule has 0 unspecified atom stereocenters. The van der Waals surface area contributed by atoms with Gasteiger partial charge in [-0.3, -0.25) is 4.79 Å². The quantitative estimate of drug-likeness (QED) is 0.0820. The highest BCUT2D eigenvalue weighted by molar-refractivity contribution is 5.71. The summed E-state index contributed by atoms with van der Waals surface area (Å²) in [4.78, 5) is 13.2. The van der Waals surface area contributed by atoms with Crippen molar-refractivity contribution in [2.45, 2.75) is 195 Å². The summed E-state index contributed by atoms with van der Waals surface area (Å²) in [5.41, 5.74) is 1.51. The molecule has 0 aromatic rings. The molecule has 46 heavy (non-hydrogen) atoms. The van der Waals surface area contributed by atoms with Gasteiger partial charge in [0.2, 0.25) is 0 Å². The van der Waals surface area contributed by atoms with E-state index >= 15 is 0 Å². The SMILES string of the molecule is CCCCCCCCCCCCCCCC(=O)OC1=C[C@@H](O)CC2=CC[C@@H]3[C@H](CC[C@]4(C)[C@@H]([C@H](C)CCCC(C)C)CC[C@@H]34)[C@]21C. The van der Waals surface area contributed by atoms with Crippen molar-refractivity contribution in [1.82, 2.24) is 0 Å². The van der Waals surface area contributed by atoms with Crippen LogP contribution in [0, 0.1) is 46.3 Å². The summed E-state index contributed by atoms with van der Waals surface area (Å²) in [6.07, 6.45) is 32.4. The van der Waals surface area contributed by atoms with Crippen molar-refractivity contribution in [3.8, 4) is 0 Å². The van der Waals surface area contributed by atoms with E-state index in [1.807, 2.05) is 6.08 Å². The van der Waals surface area contributed by atoms with Gasteiger partial charge in [-0.15, -0.1) is 0 Å². The molecule has 0 amide bonds. The lowest BCUT2D eigenvalue weighted by Crippen LogP contribution is -2.51. The minimum absolute atomic E-state index is 0.0945. The largest absolute Gasteiger partial charge is 0.430 e. The van der Waals surface area contributed by atoms with Gasteiger partial charge in [-0.05, 0) is 98.9 Å². The molecule has 4 rings (SSSR count). The van der Waals surface area contributed by atoms with E-state index in [1.54, 1.807) is 0 Å². The first-order valence-electron chi connectivity index (χ1n) is 20.4. The summed E-state index contributed by atoms with van der Waals surface area (Å²) >= 11 is 0. The summed E-state index contributed by atoms with van der Waals surface area (Å²) in [5.74, 6) is 5.04. The van der Waals surface area contributed by atoms with Gasteiger partial charge in [0.25, 0.3) is 0 Å². The van der Waals surface area contributed by atoms with Gasteiger partial charge in [-0.2, -0.15) is 0 Å². The molecule has 0 bridgehead atoms. The van der Waals surface area contributed by atoms with E-state index in [1.165, 1.54) is 121 Å². The lowest BCUT2D eigenvalue weighted by molar-refractivity contribution is -0.143. The molecule has 0 aromatic heterocycles. The van der Waals surface area contributed by atoms with E-state index in [4.69, 9.17) is 4.74 Å². The van der Waals surface area contributed by atoms with Crippen molar-refractivity contribution in [2.75, 3.05) is 0 Å². The van der Waals surface area contributed by atoms with Crippen LogP contribution in [-0.2, 0) is 9.53 Å². The number of carbonyl (C=O) groups is 1. The number of aliphatic hydroxyl groups excluding tert-OH is 1. The van der Waals surface area contributed by atoms with Gasteiger partial charge in [0, 0.05) is 11.8 Å². The molecule has 0 radical (unpaired) electrons. The highest BCUT2D eigenvalue weighted by Gasteiger charge is 2.60. The Morgan fingerprint density at radius 2 is 1.48 bits per heavy atom. The second kappa shape index (κ2) is 18.1. The Morgan fingerprint density at radius 3 is 2.11 bits per heavy atom. The maximum Gasteiger partial charge on any atom is 0.310 e. The Hall–Kier alpha value is -1.09. The predicted molar refractivity (Wildman–Crippen MR) is 194 cm³/mol. The fraction of sp³-hybridized carbons (Fsp3) is 0.884. The van der Waals surface area contributed by atoms with Crippen LogP contribution in [0.25, 0.3) is 0 Å². The average Bonchev–Trinajstić information content (AvgIpc) is 3.37. The fourth-order valence-corrected chi connectivity index (χ4v) is 11.0. The third kappa shape index (κ3) is 9.32. The number of ether oxygens (including phenoxy) is 1. The van der Waals surface area contributed by atoms with Gasteiger partial charge in [0.05, 0.1) is 6.10 Å². The van der Waals surface area contributed by atoms with Crippen molar-refractivity contribution < 1.29 is 14.6 Å². The van der Waals surface area contributed by atoms with E-state index in [0.717, 1.165) is 48.7 Å². The first kappa shape index (κ1) is 37.7. The van der Waals surface area contributed by atoms with E-state index in [9.17, 15) is 9.90 Å². The molecule has 0 spiro atoms. The summed E-state index contributed by atoms with van der Waals surface area (Å²) in [7, 11) is 0. The summed E-state index contributed by atoms with van der Waals surface area (Å²) in [6.45, 7) is 14.5. The molecule has 0 aliphatic heterocycles. The highest BCUT2D eigenvalue weighted by Crippen LogP contribution is 2.67. The van der Waals surface area contributed by atoms with E-state index < -0.39 is 6.10 Å². The smallest absolute Gasteiger partial charge is 0.310 e. The molecule has 4 aliphatic carbocycles. The standard InChI is InChI=1S/C43H74O3/c1-7-8-9-10-11-12-13-14-15-16-17-18-19-23-41(45)46-40-31-35(44)30-34-24-25-36-38-27-26-37(33(4)22-20-21-32(2)3)42(38,5)29-28-39(36)43(34,40)6/h24,31-33,35-39,44H,7-23,25-30H2,1-6H3/t33-,35+,36+,37-,38+,39+,42-,43+/m1/s1. The molecule has 264 valence electrons. The number of hydrogen-bond donors (Lipinski definition) is 1. The van der Waals surface area contributed by atoms with Crippen molar-refractivity contribution in [3.63, 3.8) is 0 Å².